The van der Waals surface area contributed by atoms with E-state index < -0.39 is 0 Å². The summed E-state index contributed by atoms with van der Waals surface area (Å²) in [6.45, 7) is 4.14. The molecule has 3 aromatic rings. The van der Waals surface area contributed by atoms with Crippen molar-refractivity contribution in [2.45, 2.75) is 26.3 Å². The Hall–Kier alpha value is -2.00. The van der Waals surface area contributed by atoms with Crippen LogP contribution in [-0.4, -0.2) is 4.98 Å². The summed E-state index contributed by atoms with van der Waals surface area (Å²) >= 11 is 6.45. The molecule has 2 heterocycles. The van der Waals surface area contributed by atoms with E-state index in [2.05, 4.69) is 17.2 Å². The molecular formula is C17H17ClN2O. The molecule has 0 saturated heterocycles. The van der Waals surface area contributed by atoms with Crippen LogP contribution in [-0.2, 0) is 0 Å². The molecule has 0 aliphatic carbocycles. The number of hydrogen-bond acceptors (Lipinski definition) is 3. The van der Waals surface area contributed by atoms with Crippen molar-refractivity contribution < 1.29 is 4.42 Å². The van der Waals surface area contributed by atoms with Crippen LogP contribution in [0, 0.1) is 6.92 Å². The van der Waals surface area contributed by atoms with Crippen LogP contribution in [0.25, 0.3) is 10.9 Å². The van der Waals surface area contributed by atoms with Crippen LogP contribution in [0.1, 0.15) is 30.7 Å². The van der Waals surface area contributed by atoms with Crippen molar-refractivity contribution >= 4 is 28.2 Å². The summed E-state index contributed by atoms with van der Waals surface area (Å²) in [7, 11) is 0. The molecule has 0 saturated carbocycles. The van der Waals surface area contributed by atoms with Gasteiger partial charge in [-0.2, -0.15) is 0 Å². The standard InChI is InChI=1S/C17H17ClN2O/c1-3-14(15-7-5-9-21-15)20-17-12-6-4-8-19-16(12)11(2)10-13(17)18/h4-10,14,20H,3H2,1-2H3. The zero-order chi connectivity index (χ0) is 14.8. The molecule has 0 spiro atoms. The van der Waals surface area contributed by atoms with Gasteiger partial charge < -0.3 is 9.73 Å². The Kier molecular flexibility index (Phi) is 3.84. The highest BCUT2D eigenvalue weighted by atomic mass is 35.5. The van der Waals surface area contributed by atoms with Gasteiger partial charge in [-0.25, -0.2) is 0 Å². The first-order valence-electron chi connectivity index (χ1n) is 7.04. The molecule has 1 unspecified atom stereocenters. The number of nitrogens with one attached hydrogen (secondary N) is 1. The summed E-state index contributed by atoms with van der Waals surface area (Å²) < 4.78 is 5.51. The molecule has 1 aromatic carbocycles. The van der Waals surface area contributed by atoms with Crippen LogP contribution in [0.15, 0.2) is 47.2 Å². The van der Waals surface area contributed by atoms with E-state index in [0.29, 0.717) is 5.02 Å². The van der Waals surface area contributed by atoms with Gasteiger partial charge in [0.25, 0.3) is 0 Å². The summed E-state index contributed by atoms with van der Waals surface area (Å²) in [5.74, 6) is 0.909. The highest BCUT2D eigenvalue weighted by Crippen LogP contribution is 2.35. The van der Waals surface area contributed by atoms with Crippen molar-refractivity contribution in [2.24, 2.45) is 0 Å². The molecule has 108 valence electrons. The first kappa shape index (κ1) is 14.0. The highest BCUT2D eigenvalue weighted by Gasteiger charge is 2.16. The van der Waals surface area contributed by atoms with Crippen molar-refractivity contribution in [3.8, 4) is 0 Å². The number of halogens is 1. The number of rotatable bonds is 4. The lowest BCUT2D eigenvalue weighted by Gasteiger charge is -2.19. The molecule has 0 aliphatic heterocycles. The van der Waals surface area contributed by atoms with Crippen molar-refractivity contribution in [1.29, 1.82) is 0 Å². The predicted octanol–water partition coefficient (Wildman–Crippen LogP) is 5.35. The lowest BCUT2D eigenvalue weighted by atomic mass is 10.1. The van der Waals surface area contributed by atoms with Gasteiger partial charge >= 0.3 is 0 Å². The third kappa shape index (κ3) is 2.61. The highest BCUT2D eigenvalue weighted by molar-refractivity contribution is 6.35. The van der Waals surface area contributed by atoms with Gasteiger partial charge in [-0.3, -0.25) is 4.98 Å². The van der Waals surface area contributed by atoms with Crippen molar-refractivity contribution in [1.82, 2.24) is 4.98 Å². The maximum absolute atomic E-state index is 6.45. The summed E-state index contributed by atoms with van der Waals surface area (Å²) in [6.07, 6.45) is 4.40. The molecule has 0 amide bonds. The predicted molar refractivity (Wildman–Crippen MR) is 86.9 cm³/mol. The Morgan fingerprint density at radius 1 is 1.33 bits per heavy atom. The average molecular weight is 301 g/mol. The average Bonchev–Trinajstić information content (AvgIpc) is 3.01. The first-order valence-corrected chi connectivity index (χ1v) is 7.42. The molecule has 4 heteroatoms. The largest absolute Gasteiger partial charge is 0.467 e. The minimum Gasteiger partial charge on any atom is -0.467 e. The van der Waals surface area contributed by atoms with E-state index in [1.165, 1.54) is 0 Å². The number of benzene rings is 1. The minimum absolute atomic E-state index is 0.0867. The quantitative estimate of drug-likeness (QED) is 0.705. The lowest BCUT2D eigenvalue weighted by molar-refractivity contribution is 0.474. The van der Waals surface area contributed by atoms with Gasteiger partial charge in [0.05, 0.1) is 28.5 Å². The molecule has 3 nitrogen and oxygen atoms in total. The van der Waals surface area contributed by atoms with Crippen LogP contribution < -0.4 is 5.32 Å². The van der Waals surface area contributed by atoms with Gasteiger partial charge in [0, 0.05) is 11.6 Å². The normalized spacial score (nSPS) is 12.5. The Morgan fingerprint density at radius 2 is 2.19 bits per heavy atom. The van der Waals surface area contributed by atoms with Crippen LogP contribution >= 0.6 is 11.6 Å². The Bertz CT molecular complexity index is 753. The molecule has 0 fully saturated rings. The smallest absolute Gasteiger partial charge is 0.125 e. The molecule has 1 atom stereocenters. The third-order valence-electron chi connectivity index (χ3n) is 3.65. The van der Waals surface area contributed by atoms with E-state index in [1.54, 1.807) is 12.5 Å². The van der Waals surface area contributed by atoms with Crippen molar-refractivity contribution in [3.05, 3.63) is 59.1 Å². The second kappa shape index (κ2) is 5.78. The fourth-order valence-electron chi connectivity index (χ4n) is 2.57. The summed E-state index contributed by atoms with van der Waals surface area (Å²) in [5, 5.41) is 5.25. The molecule has 0 aliphatic rings. The van der Waals surface area contributed by atoms with E-state index in [0.717, 1.165) is 34.3 Å². The van der Waals surface area contributed by atoms with Crippen molar-refractivity contribution in [3.63, 3.8) is 0 Å². The van der Waals surface area contributed by atoms with E-state index >= 15 is 0 Å². The maximum atomic E-state index is 6.45. The summed E-state index contributed by atoms with van der Waals surface area (Å²) in [4.78, 5) is 4.46. The molecule has 3 rings (SSSR count). The van der Waals surface area contributed by atoms with E-state index in [9.17, 15) is 0 Å². The number of nitrogens with zero attached hydrogens (tertiary/aromatic N) is 1. The number of aromatic nitrogens is 1. The summed E-state index contributed by atoms with van der Waals surface area (Å²) in [5.41, 5.74) is 2.96. The SMILES string of the molecule is CCC(Nc1c(Cl)cc(C)c2ncccc12)c1ccco1. The number of furan rings is 1. The number of fused-ring (bicyclic) bond motifs is 1. The van der Waals surface area contributed by atoms with Crippen molar-refractivity contribution in [2.75, 3.05) is 5.32 Å². The Morgan fingerprint density at radius 3 is 2.90 bits per heavy atom. The first-order chi connectivity index (χ1) is 10.2. The zero-order valence-electron chi connectivity index (χ0n) is 12.1. The van der Waals surface area contributed by atoms with E-state index in [-0.39, 0.29) is 6.04 Å². The van der Waals surface area contributed by atoms with Gasteiger partial charge in [-0.05, 0) is 49.2 Å². The van der Waals surface area contributed by atoms with Gasteiger partial charge in [-0.1, -0.05) is 18.5 Å². The van der Waals surface area contributed by atoms with Crippen LogP contribution in [0.2, 0.25) is 5.02 Å². The van der Waals surface area contributed by atoms with Gasteiger partial charge in [-0.15, -0.1) is 0 Å². The number of pyridine rings is 1. The van der Waals surface area contributed by atoms with Gasteiger partial charge in [0.2, 0.25) is 0 Å². The monoisotopic (exact) mass is 300 g/mol. The molecule has 2 aromatic heterocycles. The fraction of sp³-hybridized carbons (Fsp3) is 0.235. The van der Waals surface area contributed by atoms with Gasteiger partial charge in [0.1, 0.15) is 5.76 Å². The number of hydrogen-bond donors (Lipinski definition) is 1. The van der Waals surface area contributed by atoms with Crippen LogP contribution in [0.3, 0.4) is 0 Å². The van der Waals surface area contributed by atoms with E-state index in [4.69, 9.17) is 16.0 Å². The lowest BCUT2D eigenvalue weighted by Crippen LogP contribution is -2.10. The van der Waals surface area contributed by atoms with E-state index in [1.807, 2.05) is 37.3 Å². The summed E-state index contributed by atoms with van der Waals surface area (Å²) in [6, 6.07) is 9.88. The Labute approximate surface area is 128 Å². The second-order valence-electron chi connectivity index (χ2n) is 5.07. The topological polar surface area (TPSA) is 38.1 Å². The maximum Gasteiger partial charge on any atom is 0.125 e. The third-order valence-corrected chi connectivity index (χ3v) is 3.94. The fourth-order valence-corrected chi connectivity index (χ4v) is 2.89. The molecular weight excluding hydrogens is 284 g/mol. The molecule has 21 heavy (non-hydrogen) atoms. The second-order valence-corrected chi connectivity index (χ2v) is 5.48. The van der Waals surface area contributed by atoms with Gasteiger partial charge in [0.15, 0.2) is 0 Å². The number of anilines is 1. The van der Waals surface area contributed by atoms with Crippen LogP contribution in [0.5, 0.6) is 0 Å². The van der Waals surface area contributed by atoms with Crippen LogP contribution in [0.4, 0.5) is 5.69 Å². The number of aryl methyl sites for hydroxylation is 1. The zero-order valence-corrected chi connectivity index (χ0v) is 12.8. The Balaban J connectivity index is 2.08. The minimum atomic E-state index is 0.0867. The molecule has 0 radical (unpaired) electrons. The molecule has 1 N–H and O–H groups in total. The molecule has 0 bridgehead atoms.